The van der Waals surface area contributed by atoms with Crippen LogP contribution < -0.4 is 16.0 Å². The van der Waals surface area contributed by atoms with E-state index in [1.54, 1.807) is 4.90 Å². The third kappa shape index (κ3) is 7.42. The van der Waals surface area contributed by atoms with Crippen molar-refractivity contribution in [1.82, 2.24) is 20.9 Å². The first kappa shape index (κ1) is 18.8. The molecule has 0 aliphatic heterocycles. The molecule has 20 heavy (non-hydrogen) atoms. The number of hydrogen-bond donors (Lipinski definition) is 3. The van der Waals surface area contributed by atoms with Gasteiger partial charge >= 0.3 is 5.97 Å². The van der Waals surface area contributed by atoms with Crippen molar-refractivity contribution in [3.05, 3.63) is 0 Å². The van der Waals surface area contributed by atoms with Gasteiger partial charge in [0.05, 0.1) is 13.5 Å². The van der Waals surface area contributed by atoms with Gasteiger partial charge in [-0.2, -0.15) is 0 Å². The number of hydrogen-bond acceptors (Lipinski definition) is 6. The zero-order chi connectivity index (χ0) is 15.4. The highest BCUT2D eigenvalue weighted by molar-refractivity contribution is 5.85. The van der Waals surface area contributed by atoms with E-state index in [4.69, 9.17) is 4.74 Å². The van der Waals surface area contributed by atoms with E-state index in [0.29, 0.717) is 19.6 Å². The Morgan fingerprint density at radius 3 is 2.10 bits per heavy atom. The number of nitrogens with zero attached hydrogens (tertiary/aromatic N) is 1. The summed E-state index contributed by atoms with van der Waals surface area (Å²) in [7, 11) is 5.02. The van der Waals surface area contributed by atoms with Gasteiger partial charge in [-0.05, 0) is 20.6 Å². The number of carbonyl (C=O) groups excluding carboxylic acids is 2. The summed E-state index contributed by atoms with van der Waals surface area (Å²) in [5, 5.41) is 9.02. The molecule has 0 spiro atoms. The van der Waals surface area contributed by atoms with E-state index >= 15 is 0 Å². The van der Waals surface area contributed by atoms with Crippen LogP contribution in [0, 0.1) is 0 Å². The first-order chi connectivity index (χ1) is 9.60. The number of esters is 1. The lowest BCUT2D eigenvalue weighted by atomic mass is 10.2. The summed E-state index contributed by atoms with van der Waals surface area (Å²) in [6.07, 6.45) is 0.119. The van der Waals surface area contributed by atoms with Gasteiger partial charge in [-0.25, -0.2) is 0 Å². The lowest BCUT2D eigenvalue weighted by Gasteiger charge is -2.24. The highest BCUT2D eigenvalue weighted by Crippen LogP contribution is 2.01. The minimum absolute atomic E-state index is 0.0492. The van der Waals surface area contributed by atoms with E-state index in [2.05, 4.69) is 16.0 Å². The standard InChI is InChI=1S/C13H28N4O3/c1-5-16-11(13(19)20-4)10-12(18)17(8-6-14-2)9-7-15-3/h11,14-16H,5-10H2,1-4H3. The van der Waals surface area contributed by atoms with E-state index in [0.717, 1.165) is 13.1 Å². The Balaban J connectivity index is 4.54. The lowest BCUT2D eigenvalue weighted by molar-refractivity contribution is -0.146. The van der Waals surface area contributed by atoms with Gasteiger partial charge in [0.25, 0.3) is 0 Å². The van der Waals surface area contributed by atoms with Crippen molar-refractivity contribution in [3.63, 3.8) is 0 Å². The minimum Gasteiger partial charge on any atom is -0.468 e. The second-order valence-electron chi connectivity index (χ2n) is 4.43. The average molecular weight is 288 g/mol. The first-order valence-electron chi connectivity index (χ1n) is 6.98. The van der Waals surface area contributed by atoms with Crippen LogP contribution in [0.15, 0.2) is 0 Å². The number of amides is 1. The van der Waals surface area contributed by atoms with Gasteiger partial charge in [-0.1, -0.05) is 6.92 Å². The number of rotatable bonds is 11. The van der Waals surface area contributed by atoms with Crippen LogP contribution in [0.4, 0.5) is 0 Å². The molecule has 0 heterocycles. The Morgan fingerprint density at radius 1 is 1.15 bits per heavy atom. The Labute approximate surface area is 121 Å². The SMILES string of the molecule is CCNC(CC(=O)N(CCNC)CCNC)C(=O)OC. The molecule has 0 rings (SSSR count). The third-order valence-electron chi connectivity index (χ3n) is 2.93. The van der Waals surface area contributed by atoms with Crippen LogP contribution >= 0.6 is 0 Å². The normalized spacial score (nSPS) is 12.0. The van der Waals surface area contributed by atoms with Crippen molar-refractivity contribution in [2.45, 2.75) is 19.4 Å². The summed E-state index contributed by atoms with van der Waals surface area (Å²) in [4.78, 5) is 25.6. The van der Waals surface area contributed by atoms with Crippen molar-refractivity contribution >= 4 is 11.9 Å². The molecule has 1 amide bonds. The zero-order valence-electron chi connectivity index (χ0n) is 13.0. The molecule has 3 N–H and O–H groups in total. The number of nitrogens with one attached hydrogen (secondary N) is 3. The fourth-order valence-electron chi connectivity index (χ4n) is 1.79. The van der Waals surface area contributed by atoms with Crippen LogP contribution in [-0.2, 0) is 14.3 Å². The second-order valence-corrected chi connectivity index (χ2v) is 4.43. The molecular weight excluding hydrogens is 260 g/mol. The van der Waals surface area contributed by atoms with Gasteiger partial charge < -0.3 is 25.6 Å². The number of carbonyl (C=O) groups is 2. The molecule has 0 aliphatic carbocycles. The molecule has 1 atom stereocenters. The summed E-state index contributed by atoms with van der Waals surface area (Å²) in [6, 6.07) is -0.579. The van der Waals surface area contributed by atoms with Crippen LogP contribution in [-0.4, -0.2) is 76.7 Å². The van der Waals surface area contributed by atoms with Crippen LogP contribution in [0.1, 0.15) is 13.3 Å². The van der Waals surface area contributed by atoms with Crippen LogP contribution in [0.3, 0.4) is 0 Å². The van der Waals surface area contributed by atoms with Gasteiger partial charge in [0.15, 0.2) is 0 Å². The van der Waals surface area contributed by atoms with E-state index in [1.165, 1.54) is 7.11 Å². The van der Waals surface area contributed by atoms with Crippen molar-refractivity contribution in [2.75, 3.05) is 53.9 Å². The summed E-state index contributed by atoms with van der Waals surface area (Å²) < 4.78 is 4.71. The number of methoxy groups -OCH3 is 1. The van der Waals surface area contributed by atoms with Crippen LogP contribution in [0.25, 0.3) is 0 Å². The molecule has 0 aromatic carbocycles. The summed E-state index contributed by atoms with van der Waals surface area (Å²) in [5.74, 6) is -0.450. The maximum Gasteiger partial charge on any atom is 0.323 e. The Bertz CT molecular complexity index is 279. The van der Waals surface area contributed by atoms with E-state index in [1.807, 2.05) is 21.0 Å². The maximum absolute atomic E-state index is 12.3. The molecule has 0 saturated heterocycles. The molecule has 118 valence electrons. The van der Waals surface area contributed by atoms with Gasteiger partial charge in [0.2, 0.25) is 5.91 Å². The molecule has 0 bridgehead atoms. The average Bonchev–Trinajstić information content (AvgIpc) is 2.45. The third-order valence-corrected chi connectivity index (χ3v) is 2.93. The van der Waals surface area contributed by atoms with Crippen molar-refractivity contribution in [3.8, 4) is 0 Å². The second kappa shape index (κ2) is 11.6. The number of ether oxygens (including phenoxy) is 1. The van der Waals surface area contributed by atoms with Crippen molar-refractivity contribution in [1.29, 1.82) is 0 Å². The zero-order valence-corrected chi connectivity index (χ0v) is 13.0. The Morgan fingerprint density at radius 2 is 1.70 bits per heavy atom. The highest BCUT2D eigenvalue weighted by atomic mass is 16.5. The molecule has 0 aromatic heterocycles. The van der Waals surface area contributed by atoms with E-state index in [9.17, 15) is 9.59 Å². The molecule has 0 aromatic rings. The first-order valence-corrected chi connectivity index (χ1v) is 6.98. The molecule has 0 aliphatic rings. The van der Waals surface area contributed by atoms with E-state index in [-0.39, 0.29) is 12.3 Å². The molecular formula is C13H28N4O3. The summed E-state index contributed by atoms with van der Waals surface area (Å²) in [6.45, 7) is 5.19. The summed E-state index contributed by atoms with van der Waals surface area (Å²) >= 11 is 0. The highest BCUT2D eigenvalue weighted by Gasteiger charge is 2.24. The lowest BCUT2D eigenvalue weighted by Crippen LogP contribution is -2.45. The fourth-order valence-corrected chi connectivity index (χ4v) is 1.79. The van der Waals surface area contributed by atoms with Crippen LogP contribution in [0.2, 0.25) is 0 Å². The molecule has 0 fully saturated rings. The monoisotopic (exact) mass is 288 g/mol. The maximum atomic E-state index is 12.3. The van der Waals surface area contributed by atoms with Gasteiger partial charge in [0, 0.05) is 26.2 Å². The Hall–Kier alpha value is -1.18. The van der Waals surface area contributed by atoms with Crippen molar-refractivity contribution < 1.29 is 14.3 Å². The quantitative estimate of drug-likeness (QED) is 0.414. The molecule has 0 radical (unpaired) electrons. The van der Waals surface area contributed by atoms with Gasteiger partial charge in [-0.15, -0.1) is 0 Å². The number of likely N-dealkylation sites (N-methyl/N-ethyl adjacent to an activating group) is 3. The minimum atomic E-state index is -0.579. The largest absolute Gasteiger partial charge is 0.468 e. The molecule has 7 nitrogen and oxygen atoms in total. The predicted molar refractivity (Wildman–Crippen MR) is 78.5 cm³/mol. The Kier molecular flexibility index (Phi) is 10.9. The fraction of sp³-hybridized carbons (Fsp3) is 0.846. The van der Waals surface area contributed by atoms with Gasteiger partial charge in [-0.3, -0.25) is 9.59 Å². The smallest absolute Gasteiger partial charge is 0.323 e. The van der Waals surface area contributed by atoms with E-state index < -0.39 is 12.0 Å². The molecule has 1 unspecified atom stereocenters. The molecule has 0 saturated carbocycles. The summed E-state index contributed by atoms with van der Waals surface area (Å²) in [5.41, 5.74) is 0. The van der Waals surface area contributed by atoms with Gasteiger partial charge in [0.1, 0.15) is 6.04 Å². The van der Waals surface area contributed by atoms with Crippen molar-refractivity contribution in [2.24, 2.45) is 0 Å². The topological polar surface area (TPSA) is 82.7 Å². The molecule has 7 heteroatoms. The van der Waals surface area contributed by atoms with Crippen LogP contribution in [0.5, 0.6) is 0 Å². The predicted octanol–water partition coefficient (Wildman–Crippen LogP) is -1.20.